The minimum atomic E-state index is -1.77. The summed E-state index contributed by atoms with van der Waals surface area (Å²) in [6, 6.07) is 46.9. The first-order valence-electron chi connectivity index (χ1n) is 14.0. The summed E-state index contributed by atoms with van der Waals surface area (Å²) in [6.07, 6.45) is 0. The van der Waals surface area contributed by atoms with Crippen molar-refractivity contribution >= 4 is 79.2 Å². The average molecular weight is 531 g/mol. The Morgan fingerprint density at radius 2 is 1.05 bits per heavy atom. The van der Waals surface area contributed by atoms with Crippen molar-refractivity contribution in [2.45, 2.75) is 19.6 Å². The number of para-hydroxylation sites is 3. The maximum Gasteiger partial charge on any atom is 0.0811 e. The summed E-state index contributed by atoms with van der Waals surface area (Å²) in [5, 5.41) is 9.37. The second-order valence-corrected chi connectivity index (χ2v) is 16.9. The zero-order valence-corrected chi connectivity index (χ0v) is 24.0. The lowest BCUT2D eigenvalue weighted by atomic mass is 10.0. The van der Waals surface area contributed by atoms with Gasteiger partial charge in [0.2, 0.25) is 0 Å². The molecule has 6 aromatic carbocycles. The molecule has 0 bridgehead atoms. The molecule has 2 heterocycles. The molecule has 0 unspecified atom stereocenters. The van der Waals surface area contributed by atoms with Gasteiger partial charge in [-0.2, -0.15) is 0 Å². The second kappa shape index (κ2) is 8.45. The third kappa shape index (κ3) is 3.28. The van der Waals surface area contributed by atoms with E-state index < -0.39 is 8.07 Å². The number of benzene rings is 6. The monoisotopic (exact) mass is 530 g/mol. The fourth-order valence-electron chi connectivity index (χ4n) is 6.80. The van der Waals surface area contributed by atoms with E-state index in [0.29, 0.717) is 0 Å². The second-order valence-electron chi connectivity index (χ2n) is 11.9. The Kier molecular flexibility index (Phi) is 4.92. The zero-order chi connectivity index (χ0) is 27.0. The van der Waals surface area contributed by atoms with Crippen molar-refractivity contribution in [3.05, 3.63) is 127 Å². The number of nitrogens with zero attached hydrogens (tertiary/aromatic N) is 2. The molecular weight excluding hydrogens is 501 g/mol. The molecule has 0 atom stereocenters. The number of hydrogen-bond acceptors (Lipinski definition) is 1. The molecule has 192 valence electrons. The van der Waals surface area contributed by atoms with Crippen LogP contribution in [0, 0.1) is 0 Å². The molecule has 2 aromatic heterocycles. The Morgan fingerprint density at radius 3 is 1.68 bits per heavy atom. The van der Waals surface area contributed by atoms with Crippen LogP contribution < -0.4 is 10.1 Å². The fraction of sp³-hybridized carbons (Fsp3) is 0.0811. The molecule has 0 amide bonds. The molecule has 8 rings (SSSR count). The molecule has 3 heteroatoms. The quantitative estimate of drug-likeness (QED) is 0.205. The molecule has 0 saturated heterocycles. The van der Waals surface area contributed by atoms with E-state index >= 15 is 0 Å². The predicted molar refractivity (Wildman–Crippen MR) is 176 cm³/mol. The van der Waals surface area contributed by atoms with Gasteiger partial charge in [-0.15, -0.1) is 0 Å². The van der Waals surface area contributed by atoms with Crippen molar-refractivity contribution in [3.63, 3.8) is 0 Å². The SMILES string of the molecule is C[Si](C)(C)c1c(N(c2ccccc2)c2cc3c4ccccc4n4c5ccccc5c(c2)c34)ccc2ccccc12. The minimum absolute atomic E-state index is 1.18. The topological polar surface area (TPSA) is 7.65 Å². The maximum atomic E-state index is 2.50. The normalized spacial score (nSPS) is 12.4. The molecule has 0 spiro atoms. The summed E-state index contributed by atoms with van der Waals surface area (Å²) in [6.45, 7) is 7.40. The molecule has 8 aromatic rings. The summed E-state index contributed by atoms with van der Waals surface area (Å²) in [4.78, 5) is 2.50. The van der Waals surface area contributed by atoms with Crippen molar-refractivity contribution in [2.24, 2.45) is 0 Å². The van der Waals surface area contributed by atoms with Gasteiger partial charge in [0.1, 0.15) is 0 Å². The highest BCUT2D eigenvalue weighted by Gasteiger charge is 2.28. The van der Waals surface area contributed by atoms with E-state index in [9.17, 15) is 0 Å². The standard InChI is InChI=1S/C37H30N2Si/c1-40(2,3)37-28-16-8-7-13-25(28)21-22-35(37)38(26-14-5-4-6-15-26)27-23-31-29-17-9-11-19-33(29)39-34-20-12-10-18-30(34)32(24-27)36(31)39/h4-24H,1-3H3. The van der Waals surface area contributed by atoms with Crippen molar-refractivity contribution < 1.29 is 0 Å². The van der Waals surface area contributed by atoms with Crippen LogP contribution >= 0.6 is 0 Å². The Balaban J connectivity index is 1.53. The summed E-state index contributed by atoms with van der Waals surface area (Å²) in [7, 11) is -1.77. The Labute approximate surface area is 235 Å². The van der Waals surface area contributed by atoms with Crippen molar-refractivity contribution in [3.8, 4) is 0 Å². The van der Waals surface area contributed by atoms with E-state index in [4.69, 9.17) is 0 Å². The highest BCUT2D eigenvalue weighted by Crippen LogP contribution is 2.44. The van der Waals surface area contributed by atoms with E-state index in [-0.39, 0.29) is 0 Å². The van der Waals surface area contributed by atoms with Gasteiger partial charge in [0, 0.05) is 38.6 Å². The van der Waals surface area contributed by atoms with Gasteiger partial charge in [-0.1, -0.05) is 105 Å². The third-order valence-electron chi connectivity index (χ3n) is 8.36. The fourth-order valence-corrected chi connectivity index (χ4v) is 8.80. The number of hydrogen-bond donors (Lipinski definition) is 0. The third-order valence-corrected chi connectivity index (χ3v) is 10.4. The zero-order valence-electron chi connectivity index (χ0n) is 23.0. The molecule has 0 saturated carbocycles. The lowest BCUT2D eigenvalue weighted by Crippen LogP contribution is -2.41. The Bertz CT molecular complexity index is 2120. The van der Waals surface area contributed by atoms with Crippen LogP contribution in [0.25, 0.3) is 48.9 Å². The molecule has 2 nitrogen and oxygen atoms in total. The van der Waals surface area contributed by atoms with E-state index in [0.717, 1.165) is 0 Å². The Hall–Kier alpha value is -4.60. The van der Waals surface area contributed by atoms with Crippen LogP contribution in [0.4, 0.5) is 17.1 Å². The molecule has 40 heavy (non-hydrogen) atoms. The van der Waals surface area contributed by atoms with Crippen LogP contribution in [0.1, 0.15) is 0 Å². The van der Waals surface area contributed by atoms with E-state index in [1.165, 1.54) is 71.1 Å². The number of rotatable bonds is 4. The smallest absolute Gasteiger partial charge is 0.0811 e. The van der Waals surface area contributed by atoms with Crippen molar-refractivity contribution in [1.29, 1.82) is 0 Å². The Morgan fingerprint density at radius 1 is 0.500 bits per heavy atom. The lowest BCUT2D eigenvalue weighted by Gasteiger charge is -2.32. The van der Waals surface area contributed by atoms with Crippen molar-refractivity contribution in [1.82, 2.24) is 4.40 Å². The summed E-state index contributed by atoms with van der Waals surface area (Å²) in [5.41, 5.74) is 7.50. The molecule has 0 aliphatic carbocycles. The van der Waals surface area contributed by atoms with Crippen molar-refractivity contribution in [2.75, 3.05) is 4.90 Å². The van der Waals surface area contributed by atoms with Gasteiger partial charge in [-0.05, 0) is 58.4 Å². The van der Waals surface area contributed by atoms with Gasteiger partial charge in [0.15, 0.2) is 0 Å². The van der Waals surface area contributed by atoms with E-state index in [1.54, 1.807) is 0 Å². The molecular formula is C37H30N2Si. The van der Waals surface area contributed by atoms with Gasteiger partial charge in [-0.25, -0.2) is 0 Å². The summed E-state index contributed by atoms with van der Waals surface area (Å²) >= 11 is 0. The molecule has 0 aliphatic heterocycles. The lowest BCUT2D eigenvalue weighted by molar-refractivity contribution is 1.30. The van der Waals surface area contributed by atoms with E-state index in [2.05, 4.69) is 156 Å². The van der Waals surface area contributed by atoms with Crippen LogP contribution in [0.15, 0.2) is 127 Å². The molecule has 0 fully saturated rings. The predicted octanol–water partition coefficient (Wildman–Crippen LogP) is 10.0. The van der Waals surface area contributed by atoms with Gasteiger partial charge in [0.25, 0.3) is 0 Å². The van der Waals surface area contributed by atoms with Gasteiger partial charge in [0.05, 0.1) is 24.6 Å². The van der Waals surface area contributed by atoms with Gasteiger partial charge >= 0.3 is 0 Å². The molecule has 0 aliphatic rings. The first-order valence-corrected chi connectivity index (χ1v) is 17.5. The van der Waals surface area contributed by atoms with E-state index in [1.807, 2.05) is 0 Å². The number of aromatic nitrogens is 1. The van der Waals surface area contributed by atoms with Crippen LogP contribution in [0.2, 0.25) is 19.6 Å². The molecule has 0 radical (unpaired) electrons. The minimum Gasteiger partial charge on any atom is -0.311 e. The highest BCUT2D eigenvalue weighted by atomic mass is 28.3. The summed E-state index contributed by atoms with van der Waals surface area (Å²) in [5.74, 6) is 0. The first-order chi connectivity index (χ1) is 19.5. The maximum absolute atomic E-state index is 2.50. The number of anilines is 3. The van der Waals surface area contributed by atoms with Crippen LogP contribution in [-0.4, -0.2) is 12.5 Å². The van der Waals surface area contributed by atoms with Gasteiger partial charge < -0.3 is 9.30 Å². The summed E-state index contributed by atoms with van der Waals surface area (Å²) < 4.78 is 2.45. The largest absolute Gasteiger partial charge is 0.311 e. The number of fused-ring (bicyclic) bond motifs is 7. The van der Waals surface area contributed by atoms with Crippen LogP contribution in [0.5, 0.6) is 0 Å². The van der Waals surface area contributed by atoms with Crippen LogP contribution in [-0.2, 0) is 0 Å². The van der Waals surface area contributed by atoms with Crippen LogP contribution in [0.3, 0.4) is 0 Å². The first kappa shape index (κ1) is 23.3. The van der Waals surface area contributed by atoms with Gasteiger partial charge in [-0.3, -0.25) is 0 Å². The highest BCUT2D eigenvalue weighted by molar-refractivity contribution is 6.91. The average Bonchev–Trinajstić information content (AvgIpc) is 3.49. The molecule has 0 N–H and O–H groups in total.